The van der Waals surface area contributed by atoms with Crippen LogP contribution in [0.5, 0.6) is 0 Å². The molecule has 20 heavy (non-hydrogen) atoms. The molecule has 0 unspecified atom stereocenters. The lowest BCUT2D eigenvalue weighted by atomic mass is 10.1. The average Bonchev–Trinajstić information content (AvgIpc) is 2.41. The van der Waals surface area contributed by atoms with Gasteiger partial charge in [-0.05, 0) is 42.5 Å². The Labute approximate surface area is 117 Å². The van der Waals surface area contributed by atoms with Crippen LogP contribution in [0.25, 0.3) is 0 Å². The number of carbonyl (C=O) groups is 1. The molecule has 0 aliphatic carbocycles. The van der Waals surface area contributed by atoms with E-state index in [1.54, 1.807) is 6.07 Å². The lowest BCUT2D eigenvalue weighted by molar-refractivity contribution is 0.0697. The normalized spacial score (nSPS) is 10.1. The summed E-state index contributed by atoms with van der Waals surface area (Å²) in [5.41, 5.74) is 9.08. The standard InChI is InChI=1S/C15H17N3O2/c1-18(2)12-6-4-11(5-7-12)17-14-9-10(15(19)20)3-8-13(14)16/h3-9,17H,16H2,1-2H3,(H,19,20). The van der Waals surface area contributed by atoms with E-state index in [0.29, 0.717) is 11.4 Å². The summed E-state index contributed by atoms with van der Waals surface area (Å²) in [6.07, 6.45) is 0. The number of nitrogens with two attached hydrogens (primary N) is 1. The minimum atomic E-state index is -0.976. The molecule has 0 heterocycles. The van der Waals surface area contributed by atoms with Gasteiger partial charge in [-0.25, -0.2) is 4.79 Å². The van der Waals surface area contributed by atoms with Crippen molar-refractivity contribution in [3.8, 4) is 0 Å². The minimum absolute atomic E-state index is 0.201. The molecule has 0 saturated heterocycles. The van der Waals surface area contributed by atoms with Gasteiger partial charge in [0.2, 0.25) is 0 Å². The summed E-state index contributed by atoms with van der Waals surface area (Å²) in [5, 5.41) is 12.1. The van der Waals surface area contributed by atoms with Gasteiger partial charge in [-0.2, -0.15) is 0 Å². The van der Waals surface area contributed by atoms with E-state index in [9.17, 15) is 4.79 Å². The number of anilines is 4. The molecule has 0 aliphatic heterocycles. The van der Waals surface area contributed by atoms with Gasteiger partial charge in [-0.3, -0.25) is 0 Å². The highest BCUT2D eigenvalue weighted by Crippen LogP contribution is 2.25. The number of carboxylic acid groups (broad SMARTS) is 1. The van der Waals surface area contributed by atoms with Crippen LogP contribution in [0.2, 0.25) is 0 Å². The molecule has 0 aliphatic rings. The number of benzene rings is 2. The molecule has 4 N–H and O–H groups in total. The fraction of sp³-hybridized carbons (Fsp3) is 0.133. The molecule has 0 fully saturated rings. The van der Waals surface area contributed by atoms with Crippen molar-refractivity contribution in [2.24, 2.45) is 0 Å². The number of hydrogen-bond acceptors (Lipinski definition) is 4. The Balaban J connectivity index is 2.25. The van der Waals surface area contributed by atoms with Crippen molar-refractivity contribution < 1.29 is 9.90 Å². The maximum atomic E-state index is 11.0. The third-order valence-corrected chi connectivity index (χ3v) is 2.96. The molecule has 2 rings (SSSR count). The van der Waals surface area contributed by atoms with Crippen LogP contribution in [0.15, 0.2) is 42.5 Å². The van der Waals surface area contributed by atoms with Crippen molar-refractivity contribution in [2.75, 3.05) is 30.0 Å². The van der Waals surface area contributed by atoms with E-state index in [-0.39, 0.29) is 5.56 Å². The average molecular weight is 271 g/mol. The van der Waals surface area contributed by atoms with Crippen molar-refractivity contribution in [3.05, 3.63) is 48.0 Å². The number of nitrogen functional groups attached to an aromatic ring is 1. The molecule has 2 aromatic carbocycles. The van der Waals surface area contributed by atoms with Crippen molar-refractivity contribution >= 4 is 28.7 Å². The Kier molecular flexibility index (Phi) is 3.79. The van der Waals surface area contributed by atoms with Crippen molar-refractivity contribution in [1.82, 2.24) is 0 Å². The molecule has 104 valence electrons. The van der Waals surface area contributed by atoms with E-state index in [1.165, 1.54) is 12.1 Å². The van der Waals surface area contributed by atoms with Gasteiger partial charge >= 0.3 is 5.97 Å². The Morgan fingerprint density at radius 2 is 1.80 bits per heavy atom. The second kappa shape index (κ2) is 5.52. The van der Waals surface area contributed by atoms with E-state index in [2.05, 4.69) is 5.32 Å². The maximum Gasteiger partial charge on any atom is 0.335 e. The predicted octanol–water partition coefficient (Wildman–Crippen LogP) is 2.78. The lowest BCUT2D eigenvalue weighted by Crippen LogP contribution is -2.08. The Bertz CT molecular complexity index is 622. The van der Waals surface area contributed by atoms with Crippen LogP contribution in [0.1, 0.15) is 10.4 Å². The first-order chi connectivity index (χ1) is 9.47. The molecular formula is C15H17N3O2. The van der Waals surface area contributed by atoms with Crippen molar-refractivity contribution in [2.45, 2.75) is 0 Å². The van der Waals surface area contributed by atoms with E-state index in [0.717, 1.165) is 11.4 Å². The molecule has 5 heteroatoms. The van der Waals surface area contributed by atoms with Crippen LogP contribution >= 0.6 is 0 Å². The van der Waals surface area contributed by atoms with Crippen LogP contribution in [0.4, 0.5) is 22.7 Å². The smallest absolute Gasteiger partial charge is 0.335 e. The van der Waals surface area contributed by atoms with E-state index in [1.807, 2.05) is 43.3 Å². The second-order valence-electron chi connectivity index (χ2n) is 4.67. The van der Waals surface area contributed by atoms with Crippen LogP contribution in [-0.4, -0.2) is 25.2 Å². The SMILES string of the molecule is CN(C)c1ccc(Nc2cc(C(=O)O)ccc2N)cc1. The number of nitrogens with one attached hydrogen (secondary N) is 1. The zero-order chi connectivity index (χ0) is 14.7. The van der Waals surface area contributed by atoms with Gasteiger partial charge < -0.3 is 21.1 Å². The number of carboxylic acids is 1. The van der Waals surface area contributed by atoms with Gasteiger partial charge in [0.05, 0.1) is 16.9 Å². The van der Waals surface area contributed by atoms with Gasteiger partial charge in [0.15, 0.2) is 0 Å². The molecule has 0 amide bonds. The summed E-state index contributed by atoms with van der Waals surface area (Å²) in [6, 6.07) is 12.4. The summed E-state index contributed by atoms with van der Waals surface area (Å²) in [6.45, 7) is 0. The Morgan fingerprint density at radius 1 is 1.15 bits per heavy atom. The first kappa shape index (κ1) is 13.7. The summed E-state index contributed by atoms with van der Waals surface area (Å²) >= 11 is 0. The Hall–Kier alpha value is -2.69. The molecule has 0 bridgehead atoms. The zero-order valence-corrected chi connectivity index (χ0v) is 11.4. The molecule has 0 spiro atoms. The van der Waals surface area contributed by atoms with E-state index < -0.39 is 5.97 Å². The van der Waals surface area contributed by atoms with Gasteiger partial charge in [-0.1, -0.05) is 0 Å². The Morgan fingerprint density at radius 3 is 2.35 bits per heavy atom. The second-order valence-corrected chi connectivity index (χ2v) is 4.67. The highest BCUT2D eigenvalue weighted by Gasteiger charge is 2.07. The first-order valence-corrected chi connectivity index (χ1v) is 6.14. The largest absolute Gasteiger partial charge is 0.478 e. The third-order valence-electron chi connectivity index (χ3n) is 2.96. The van der Waals surface area contributed by atoms with Crippen LogP contribution < -0.4 is 16.0 Å². The molecular weight excluding hydrogens is 254 g/mol. The highest BCUT2D eigenvalue weighted by atomic mass is 16.4. The summed E-state index contributed by atoms with van der Waals surface area (Å²) in [5.74, 6) is -0.976. The lowest BCUT2D eigenvalue weighted by Gasteiger charge is -2.14. The van der Waals surface area contributed by atoms with E-state index >= 15 is 0 Å². The monoisotopic (exact) mass is 271 g/mol. The fourth-order valence-electron chi connectivity index (χ4n) is 1.80. The summed E-state index contributed by atoms with van der Waals surface area (Å²) < 4.78 is 0. The summed E-state index contributed by atoms with van der Waals surface area (Å²) in [7, 11) is 3.94. The molecule has 0 aromatic heterocycles. The van der Waals surface area contributed by atoms with Crippen molar-refractivity contribution in [3.63, 3.8) is 0 Å². The van der Waals surface area contributed by atoms with Crippen molar-refractivity contribution in [1.29, 1.82) is 0 Å². The fourth-order valence-corrected chi connectivity index (χ4v) is 1.80. The number of aromatic carboxylic acids is 1. The van der Waals surface area contributed by atoms with Gasteiger partial charge in [0, 0.05) is 25.5 Å². The minimum Gasteiger partial charge on any atom is -0.478 e. The first-order valence-electron chi connectivity index (χ1n) is 6.14. The van der Waals surface area contributed by atoms with Crippen LogP contribution in [0.3, 0.4) is 0 Å². The van der Waals surface area contributed by atoms with Crippen LogP contribution in [0, 0.1) is 0 Å². The number of hydrogen-bond donors (Lipinski definition) is 3. The molecule has 0 atom stereocenters. The maximum absolute atomic E-state index is 11.0. The number of rotatable bonds is 4. The topological polar surface area (TPSA) is 78.6 Å². The highest BCUT2D eigenvalue weighted by molar-refractivity contribution is 5.91. The molecule has 5 nitrogen and oxygen atoms in total. The molecule has 2 aromatic rings. The predicted molar refractivity (Wildman–Crippen MR) is 81.9 cm³/mol. The van der Waals surface area contributed by atoms with Crippen LogP contribution in [-0.2, 0) is 0 Å². The quantitative estimate of drug-likeness (QED) is 0.745. The van der Waals surface area contributed by atoms with E-state index in [4.69, 9.17) is 10.8 Å². The molecule has 0 radical (unpaired) electrons. The number of nitrogens with zero attached hydrogens (tertiary/aromatic N) is 1. The molecule has 0 saturated carbocycles. The van der Waals surface area contributed by atoms with Gasteiger partial charge in [-0.15, -0.1) is 0 Å². The van der Waals surface area contributed by atoms with Gasteiger partial charge in [0.25, 0.3) is 0 Å². The zero-order valence-electron chi connectivity index (χ0n) is 11.4. The summed E-state index contributed by atoms with van der Waals surface area (Å²) in [4.78, 5) is 13.0. The van der Waals surface area contributed by atoms with Gasteiger partial charge in [0.1, 0.15) is 0 Å². The third kappa shape index (κ3) is 3.00.